The molecule has 2 rings (SSSR count). The standard InChI is InChI=1S/C18H23N3/c1-5-11-20(12-6-2)14-17-7-9-18(10-8-17)21-16(4)13-15(3)19-21/h5-10,13H,1-2,11-12,14H2,3-4H3. The normalized spacial score (nSPS) is 10.8. The van der Waals surface area contributed by atoms with Crippen molar-refractivity contribution in [2.24, 2.45) is 0 Å². The number of aromatic nitrogens is 2. The first-order chi connectivity index (χ1) is 10.1. The van der Waals surface area contributed by atoms with Crippen LogP contribution in [0, 0.1) is 13.8 Å². The van der Waals surface area contributed by atoms with Crippen LogP contribution in [0.3, 0.4) is 0 Å². The second-order valence-corrected chi connectivity index (χ2v) is 5.28. The number of benzene rings is 1. The highest BCUT2D eigenvalue weighted by molar-refractivity contribution is 5.36. The summed E-state index contributed by atoms with van der Waals surface area (Å²) in [4.78, 5) is 2.29. The van der Waals surface area contributed by atoms with Crippen molar-refractivity contribution in [1.29, 1.82) is 0 Å². The molecule has 0 N–H and O–H groups in total. The molecule has 0 radical (unpaired) electrons. The zero-order valence-corrected chi connectivity index (χ0v) is 12.9. The molecule has 0 saturated heterocycles. The predicted octanol–water partition coefficient (Wildman–Crippen LogP) is 3.66. The van der Waals surface area contributed by atoms with Crippen LogP contribution in [-0.2, 0) is 6.54 Å². The first kappa shape index (κ1) is 15.3. The quantitative estimate of drug-likeness (QED) is 0.722. The summed E-state index contributed by atoms with van der Waals surface area (Å²) in [5, 5.41) is 4.51. The summed E-state index contributed by atoms with van der Waals surface area (Å²) in [7, 11) is 0. The van der Waals surface area contributed by atoms with E-state index in [4.69, 9.17) is 0 Å². The average Bonchev–Trinajstić information content (AvgIpc) is 2.79. The van der Waals surface area contributed by atoms with Crippen molar-refractivity contribution in [3.8, 4) is 5.69 Å². The van der Waals surface area contributed by atoms with Crippen molar-refractivity contribution < 1.29 is 0 Å². The van der Waals surface area contributed by atoms with Gasteiger partial charge in [0.15, 0.2) is 0 Å². The fraction of sp³-hybridized carbons (Fsp3) is 0.278. The Morgan fingerprint density at radius 2 is 1.71 bits per heavy atom. The van der Waals surface area contributed by atoms with Gasteiger partial charge < -0.3 is 0 Å². The van der Waals surface area contributed by atoms with Crippen LogP contribution in [0.1, 0.15) is 17.0 Å². The summed E-state index contributed by atoms with van der Waals surface area (Å²) < 4.78 is 1.98. The second-order valence-electron chi connectivity index (χ2n) is 5.28. The van der Waals surface area contributed by atoms with Gasteiger partial charge in [-0.3, -0.25) is 4.90 Å². The van der Waals surface area contributed by atoms with E-state index in [1.807, 2.05) is 23.8 Å². The van der Waals surface area contributed by atoms with Gasteiger partial charge in [0.2, 0.25) is 0 Å². The summed E-state index contributed by atoms with van der Waals surface area (Å²) in [6.07, 6.45) is 3.85. The fourth-order valence-corrected chi connectivity index (χ4v) is 2.46. The van der Waals surface area contributed by atoms with Crippen LogP contribution in [0.5, 0.6) is 0 Å². The molecule has 1 aromatic carbocycles. The molecule has 110 valence electrons. The Balaban J connectivity index is 2.13. The van der Waals surface area contributed by atoms with Gasteiger partial charge in [-0.15, -0.1) is 13.2 Å². The van der Waals surface area contributed by atoms with Gasteiger partial charge in [0.25, 0.3) is 0 Å². The molecule has 2 aromatic rings. The van der Waals surface area contributed by atoms with Gasteiger partial charge >= 0.3 is 0 Å². The summed E-state index contributed by atoms with van der Waals surface area (Å²) in [5.41, 5.74) is 4.58. The lowest BCUT2D eigenvalue weighted by atomic mass is 10.2. The monoisotopic (exact) mass is 281 g/mol. The molecule has 21 heavy (non-hydrogen) atoms. The van der Waals surface area contributed by atoms with Crippen LogP contribution < -0.4 is 0 Å². The lowest BCUT2D eigenvalue weighted by Gasteiger charge is -2.18. The van der Waals surface area contributed by atoms with Crippen LogP contribution in [-0.4, -0.2) is 27.8 Å². The Morgan fingerprint density at radius 3 is 2.19 bits per heavy atom. The minimum absolute atomic E-state index is 0.866. The highest BCUT2D eigenvalue weighted by atomic mass is 15.3. The first-order valence-corrected chi connectivity index (χ1v) is 7.20. The molecule has 0 amide bonds. The maximum absolute atomic E-state index is 4.51. The average molecular weight is 281 g/mol. The lowest BCUT2D eigenvalue weighted by Crippen LogP contribution is -2.23. The molecule has 0 aliphatic carbocycles. The minimum atomic E-state index is 0.866. The highest BCUT2D eigenvalue weighted by Gasteiger charge is 2.05. The third-order valence-electron chi connectivity index (χ3n) is 3.37. The van der Waals surface area contributed by atoms with E-state index in [2.05, 4.69) is 60.4 Å². The van der Waals surface area contributed by atoms with Crippen LogP contribution in [0.25, 0.3) is 5.69 Å². The van der Waals surface area contributed by atoms with E-state index in [9.17, 15) is 0 Å². The molecule has 0 aliphatic heterocycles. The molecular weight excluding hydrogens is 258 g/mol. The van der Waals surface area contributed by atoms with Gasteiger partial charge in [0.05, 0.1) is 11.4 Å². The van der Waals surface area contributed by atoms with E-state index in [0.29, 0.717) is 0 Å². The van der Waals surface area contributed by atoms with Crippen molar-refractivity contribution >= 4 is 0 Å². The molecule has 3 heteroatoms. The molecule has 0 aliphatic rings. The molecule has 1 aromatic heterocycles. The Hall–Kier alpha value is -2.13. The van der Waals surface area contributed by atoms with Crippen molar-refractivity contribution in [2.75, 3.05) is 13.1 Å². The van der Waals surface area contributed by atoms with Gasteiger partial charge in [-0.1, -0.05) is 24.3 Å². The zero-order chi connectivity index (χ0) is 15.2. The third-order valence-corrected chi connectivity index (χ3v) is 3.37. The highest BCUT2D eigenvalue weighted by Crippen LogP contribution is 2.14. The van der Waals surface area contributed by atoms with E-state index >= 15 is 0 Å². The van der Waals surface area contributed by atoms with Gasteiger partial charge in [-0.2, -0.15) is 5.10 Å². The van der Waals surface area contributed by atoms with Crippen LogP contribution in [0.4, 0.5) is 0 Å². The summed E-state index contributed by atoms with van der Waals surface area (Å²) in [6, 6.07) is 10.6. The van der Waals surface area contributed by atoms with Crippen molar-refractivity contribution in [3.05, 3.63) is 72.6 Å². The van der Waals surface area contributed by atoms with Gasteiger partial charge in [0, 0.05) is 25.3 Å². The van der Waals surface area contributed by atoms with Crippen LogP contribution >= 0.6 is 0 Å². The zero-order valence-electron chi connectivity index (χ0n) is 12.9. The maximum atomic E-state index is 4.51. The van der Waals surface area contributed by atoms with Crippen molar-refractivity contribution in [3.63, 3.8) is 0 Å². The number of aryl methyl sites for hydroxylation is 2. The Labute approximate surface area is 127 Å². The van der Waals surface area contributed by atoms with E-state index < -0.39 is 0 Å². The topological polar surface area (TPSA) is 21.1 Å². The molecule has 0 atom stereocenters. The fourth-order valence-electron chi connectivity index (χ4n) is 2.46. The van der Waals surface area contributed by atoms with E-state index in [1.54, 1.807) is 0 Å². The number of rotatable bonds is 7. The van der Waals surface area contributed by atoms with Gasteiger partial charge in [-0.25, -0.2) is 4.68 Å². The summed E-state index contributed by atoms with van der Waals surface area (Å²) >= 11 is 0. The number of nitrogens with zero attached hydrogens (tertiary/aromatic N) is 3. The summed E-state index contributed by atoms with van der Waals surface area (Å²) in [5.74, 6) is 0. The second kappa shape index (κ2) is 7.04. The van der Waals surface area contributed by atoms with Crippen molar-refractivity contribution in [2.45, 2.75) is 20.4 Å². The van der Waals surface area contributed by atoms with E-state index in [-0.39, 0.29) is 0 Å². The Morgan fingerprint density at radius 1 is 1.10 bits per heavy atom. The molecular formula is C18H23N3. The van der Waals surface area contributed by atoms with E-state index in [1.165, 1.54) is 5.56 Å². The number of hydrogen-bond donors (Lipinski definition) is 0. The molecule has 0 spiro atoms. The minimum Gasteiger partial charge on any atom is -0.292 e. The molecule has 0 bridgehead atoms. The largest absolute Gasteiger partial charge is 0.292 e. The summed E-state index contributed by atoms with van der Waals surface area (Å²) in [6.45, 7) is 14.3. The van der Waals surface area contributed by atoms with Gasteiger partial charge in [-0.05, 0) is 37.6 Å². The number of hydrogen-bond acceptors (Lipinski definition) is 2. The molecule has 1 heterocycles. The van der Waals surface area contributed by atoms with E-state index in [0.717, 1.165) is 36.7 Å². The van der Waals surface area contributed by atoms with Crippen LogP contribution in [0.2, 0.25) is 0 Å². The molecule has 0 fully saturated rings. The van der Waals surface area contributed by atoms with Crippen molar-refractivity contribution in [1.82, 2.24) is 14.7 Å². The maximum Gasteiger partial charge on any atom is 0.0648 e. The molecule has 3 nitrogen and oxygen atoms in total. The van der Waals surface area contributed by atoms with Gasteiger partial charge in [0.1, 0.15) is 0 Å². The molecule has 0 saturated carbocycles. The third kappa shape index (κ3) is 3.92. The Bertz CT molecular complexity index is 598. The lowest BCUT2D eigenvalue weighted by molar-refractivity contribution is 0.328. The SMILES string of the molecule is C=CCN(CC=C)Cc1ccc(-n2nc(C)cc2C)cc1. The van der Waals surface area contributed by atoms with Crippen LogP contribution in [0.15, 0.2) is 55.6 Å². The smallest absolute Gasteiger partial charge is 0.0648 e. The molecule has 0 unspecified atom stereocenters. The Kier molecular flexibility index (Phi) is 5.12. The first-order valence-electron chi connectivity index (χ1n) is 7.20. The predicted molar refractivity (Wildman–Crippen MR) is 88.7 cm³/mol.